The molecule has 0 saturated carbocycles. The van der Waals surface area contributed by atoms with Gasteiger partial charge in [-0.15, -0.1) is 0 Å². The summed E-state index contributed by atoms with van der Waals surface area (Å²) in [6, 6.07) is 14.8. The van der Waals surface area contributed by atoms with Gasteiger partial charge in [-0.1, -0.05) is 29.8 Å². The fourth-order valence-corrected chi connectivity index (χ4v) is 6.39. The summed E-state index contributed by atoms with van der Waals surface area (Å²) in [7, 11) is 0.0322. The van der Waals surface area contributed by atoms with Gasteiger partial charge in [0.2, 0.25) is 5.91 Å². The molecule has 0 saturated heterocycles. The van der Waals surface area contributed by atoms with Gasteiger partial charge < -0.3 is 19.5 Å². The standard InChI is InChI=1S/C29H33ClN2O6S/c1-19(21-10-9-20-7-5-6-8-22(20)15-21)31-29(33)18-32(25-16-23(30)11-13-26(25)36-2)39(34,35)24-12-14-27(37-3)28(17-24)38-4/h9-17,19H,5-8,18H2,1-4H3,(H,31,33)/t19-/m0/s1. The second kappa shape index (κ2) is 12.2. The smallest absolute Gasteiger partial charge is 0.265 e. The van der Waals surface area contributed by atoms with Crippen LogP contribution in [0.3, 0.4) is 0 Å². The summed E-state index contributed by atoms with van der Waals surface area (Å²) in [4.78, 5) is 13.3. The maximum atomic E-state index is 14.0. The van der Waals surface area contributed by atoms with Gasteiger partial charge >= 0.3 is 0 Å². The lowest BCUT2D eigenvalue weighted by molar-refractivity contribution is -0.120. The summed E-state index contributed by atoms with van der Waals surface area (Å²) < 4.78 is 45.0. The van der Waals surface area contributed by atoms with Crippen LogP contribution in [0.2, 0.25) is 5.02 Å². The molecule has 1 N–H and O–H groups in total. The lowest BCUT2D eigenvalue weighted by Crippen LogP contribution is -2.41. The number of nitrogens with one attached hydrogen (secondary N) is 1. The molecule has 3 aromatic rings. The van der Waals surface area contributed by atoms with Crippen LogP contribution in [0.15, 0.2) is 59.5 Å². The number of ether oxygens (including phenoxy) is 3. The molecule has 0 unspecified atom stereocenters. The molecular formula is C29H33ClN2O6S. The molecule has 208 valence electrons. The number of aryl methyl sites for hydroxylation is 2. The molecule has 0 bridgehead atoms. The Morgan fingerprint density at radius 1 is 0.897 bits per heavy atom. The number of sulfonamides is 1. The van der Waals surface area contributed by atoms with E-state index in [-0.39, 0.29) is 28.1 Å². The molecule has 1 aliphatic carbocycles. The number of fused-ring (bicyclic) bond motifs is 1. The van der Waals surface area contributed by atoms with E-state index in [1.807, 2.05) is 13.0 Å². The van der Waals surface area contributed by atoms with Gasteiger partial charge in [-0.05, 0) is 79.6 Å². The van der Waals surface area contributed by atoms with Crippen molar-refractivity contribution in [2.75, 3.05) is 32.2 Å². The average molecular weight is 573 g/mol. The minimum absolute atomic E-state index is 0.0854. The van der Waals surface area contributed by atoms with E-state index in [4.69, 9.17) is 25.8 Å². The Morgan fingerprint density at radius 3 is 2.26 bits per heavy atom. The molecule has 0 fully saturated rings. The molecule has 1 aliphatic rings. The van der Waals surface area contributed by atoms with Crippen LogP contribution < -0.4 is 23.8 Å². The van der Waals surface area contributed by atoms with Crippen LogP contribution in [0, 0.1) is 0 Å². The second-order valence-electron chi connectivity index (χ2n) is 9.37. The number of nitrogens with zero attached hydrogens (tertiary/aromatic N) is 1. The Balaban J connectivity index is 1.67. The van der Waals surface area contributed by atoms with Crippen LogP contribution in [0.25, 0.3) is 0 Å². The summed E-state index contributed by atoms with van der Waals surface area (Å²) >= 11 is 6.25. The highest BCUT2D eigenvalue weighted by molar-refractivity contribution is 7.92. The maximum Gasteiger partial charge on any atom is 0.265 e. The number of hydrogen-bond donors (Lipinski definition) is 1. The number of carbonyl (C=O) groups is 1. The van der Waals surface area contributed by atoms with Gasteiger partial charge in [0.05, 0.1) is 38.0 Å². The van der Waals surface area contributed by atoms with Crippen LogP contribution in [0.4, 0.5) is 5.69 Å². The van der Waals surface area contributed by atoms with Gasteiger partial charge in [0.25, 0.3) is 10.0 Å². The first kappa shape index (κ1) is 28.6. The maximum absolute atomic E-state index is 14.0. The first-order valence-corrected chi connectivity index (χ1v) is 14.5. The Hall–Kier alpha value is -3.43. The highest BCUT2D eigenvalue weighted by Gasteiger charge is 2.31. The van der Waals surface area contributed by atoms with Crippen LogP contribution in [-0.2, 0) is 27.7 Å². The predicted molar refractivity (Wildman–Crippen MR) is 152 cm³/mol. The van der Waals surface area contributed by atoms with Gasteiger partial charge in [-0.25, -0.2) is 8.42 Å². The molecule has 8 nitrogen and oxygen atoms in total. The quantitative estimate of drug-likeness (QED) is 0.353. The van der Waals surface area contributed by atoms with Gasteiger partial charge in [0.15, 0.2) is 11.5 Å². The largest absolute Gasteiger partial charge is 0.495 e. The summed E-state index contributed by atoms with van der Waals surface area (Å²) in [5.74, 6) is 0.382. The number of anilines is 1. The number of amides is 1. The number of carbonyl (C=O) groups excluding carboxylic acids is 1. The third kappa shape index (κ3) is 6.25. The predicted octanol–water partition coefficient (Wildman–Crippen LogP) is 5.32. The Morgan fingerprint density at radius 2 is 1.56 bits per heavy atom. The first-order valence-electron chi connectivity index (χ1n) is 12.7. The molecule has 39 heavy (non-hydrogen) atoms. The van der Waals surface area contributed by atoms with Crippen LogP contribution in [0.5, 0.6) is 17.2 Å². The Kier molecular flexibility index (Phi) is 8.92. The summed E-state index contributed by atoms with van der Waals surface area (Å²) in [6.07, 6.45) is 4.44. The molecule has 0 spiro atoms. The van der Waals surface area contributed by atoms with E-state index in [0.29, 0.717) is 10.8 Å². The lowest BCUT2D eigenvalue weighted by Gasteiger charge is -2.27. The fourth-order valence-electron chi connectivity index (χ4n) is 4.79. The van der Waals surface area contributed by atoms with E-state index in [1.165, 1.54) is 63.1 Å². The Labute approximate surface area is 234 Å². The zero-order valence-corrected chi connectivity index (χ0v) is 24.1. The molecule has 0 radical (unpaired) electrons. The number of hydrogen-bond acceptors (Lipinski definition) is 6. The number of halogens is 1. The van der Waals surface area contributed by atoms with Crippen molar-refractivity contribution in [3.05, 3.63) is 76.3 Å². The average Bonchev–Trinajstić information content (AvgIpc) is 2.95. The van der Waals surface area contributed by atoms with Gasteiger partial charge in [0, 0.05) is 11.1 Å². The van der Waals surface area contributed by atoms with Gasteiger partial charge in [-0.2, -0.15) is 0 Å². The molecule has 0 heterocycles. The number of methoxy groups -OCH3 is 3. The number of benzene rings is 3. The second-order valence-corrected chi connectivity index (χ2v) is 11.7. The van der Waals surface area contributed by atoms with E-state index in [1.54, 1.807) is 12.1 Å². The van der Waals surface area contributed by atoms with Gasteiger partial charge in [0.1, 0.15) is 12.3 Å². The van der Waals surface area contributed by atoms with E-state index < -0.39 is 22.5 Å². The molecule has 3 aromatic carbocycles. The summed E-state index contributed by atoms with van der Waals surface area (Å²) in [5, 5.41) is 3.25. The highest BCUT2D eigenvalue weighted by atomic mass is 35.5. The number of rotatable bonds is 10. The zero-order chi connectivity index (χ0) is 28.2. The third-order valence-corrected chi connectivity index (χ3v) is 8.88. The molecule has 0 aromatic heterocycles. The van der Waals surface area contributed by atoms with Crippen molar-refractivity contribution in [3.8, 4) is 17.2 Å². The minimum Gasteiger partial charge on any atom is -0.495 e. The van der Waals surface area contributed by atoms with Crippen molar-refractivity contribution >= 4 is 33.2 Å². The highest BCUT2D eigenvalue weighted by Crippen LogP contribution is 2.37. The van der Waals surface area contributed by atoms with Crippen molar-refractivity contribution in [2.24, 2.45) is 0 Å². The monoisotopic (exact) mass is 572 g/mol. The molecule has 10 heteroatoms. The van der Waals surface area contributed by atoms with Crippen molar-refractivity contribution in [2.45, 2.75) is 43.5 Å². The molecule has 0 aliphatic heterocycles. The van der Waals surface area contributed by atoms with Crippen molar-refractivity contribution in [1.29, 1.82) is 0 Å². The lowest BCUT2D eigenvalue weighted by atomic mass is 9.89. The van der Waals surface area contributed by atoms with E-state index in [0.717, 1.165) is 29.1 Å². The van der Waals surface area contributed by atoms with Crippen molar-refractivity contribution in [3.63, 3.8) is 0 Å². The Bertz CT molecular complexity index is 1460. The normalized spacial score (nSPS) is 13.7. The minimum atomic E-state index is -4.27. The SMILES string of the molecule is COc1ccc(S(=O)(=O)N(CC(=O)N[C@@H](C)c2ccc3c(c2)CCCC3)c2cc(Cl)ccc2OC)cc1OC. The first-order chi connectivity index (χ1) is 18.7. The molecular weight excluding hydrogens is 540 g/mol. The fraction of sp³-hybridized carbons (Fsp3) is 0.345. The summed E-state index contributed by atoms with van der Waals surface area (Å²) in [5.41, 5.74) is 3.76. The van der Waals surface area contributed by atoms with E-state index >= 15 is 0 Å². The third-order valence-electron chi connectivity index (χ3n) is 6.89. The van der Waals surface area contributed by atoms with Crippen molar-refractivity contribution < 1.29 is 27.4 Å². The van der Waals surface area contributed by atoms with E-state index in [2.05, 4.69) is 17.4 Å². The molecule has 1 atom stereocenters. The van der Waals surface area contributed by atoms with Crippen LogP contribution in [0.1, 0.15) is 42.5 Å². The van der Waals surface area contributed by atoms with Crippen LogP contribution >= 0.6 is 11.6 Å². The van der Waals surface area contributed by atoms with Gasteiger partial charge in [-0.3, -0.25) is 9.10 Å². The van der Waals surface area contributed by atoms with Crippen LogP contribution in [-0.4, -0.2) is 42.2 Å². The molecule has 1 amide bonds. The topological polar surface area (TPSA) is 94.2 Å². The van der Waals surface area contributed by atoms with Crippen molar-refractivity contribution in [1.82, 2.24) is 5.32 Å². The van der Waals surface area contributed by atoms with E-state index in [9.17, 15) is 13.2 Å². The molecule has 4 rings (SSSR count). The zero-order valence-electron chi connectivity index (χ0n) is 22.5. The summed E-state index contributed by atoms with van der Waals surface area (Å²) in [6.45, 7) is 1.39.